The fourth-order valence-electron chi connectivity index (χ4n) is 3.05. The summed E-state index contributed by atoms with van der Waals surface area (Å²) < 4.78 is 7.29. The molecule has 1 unspecified atom stereocenters. The highest BCUT2D eigenvalue weighted by molar-refractivity contribution is 6.31. The largest absolute Gasteiger partial charge is 0.495 e. The number of halogens is 1. The summed E-state index contributed by atoms with van der Waals surface area (Å²) in [5, 5.41) is 3.45. The van der Waals surface area contributed by atoms with Crippen LogP contribution in [0.15, 0.2) is 42.5 Å². The first-order valence-electron chi connectivity index (χ1n) is 8.65. The number of benzene rings is 2. The quantitative estimate of drug-likeness (QED) is 0.696. The van der Waals surface area contributed by atoms with Gasteiger partial charge in [-0.3, -0.25) is 4.79 Å². The lowest BCUT2D eigenvalue weighted by atomic mass is 10.2. The van der Waals surface area contributed by atoms with Crippen LogP contribution in [0.2, 0.25) is 5.02 Å². The molecule has 142 valence electrons. The van der Waals surface area contributed by atoms with Gasteiger partial charge < -0.3 is 19.5 Å². The molecule has 0 bridgehead atoms. The maximum atomic E-state index is 13.0. The topological polar surface area (TPSA) is 59.4 Å². The minimum atomic E-state index is -0.462. The first kappa shape index (κ1) is 19.2. The number of hydrogen-bond donors (Lipinski definition) is 1. The molecular weight excluding hydrogens is 364 g/mol. The van der Waals surface area contributed by atoms with E-state index < -0.39 is 6.04 Å². The van der Waals surface area contributed by atoms with Crippen molar-refractivity contribution in [1.29, 1.82) is 0 Å². The lowest BCUT2D eigenvalue weighted by molar-refractivity contribution is -0.118. The van der Waals surface area contributed by atoms with E-state index in [1.807, 2.05) is 54.8 Å². The van der Waals surface area contributed by atoms with E-state index >= 15 is 0 Å². The summed E-state index contributed by atoms with van der Waals surface area (Å²) in [6.45, 7) is 2.49. The highest BCUT2D eigenvalue weighted by atomic mass is 35.5. The van der Waals surface area contributed by atoms with Crippen LogP contribution in [0, 0.1) is 0 Å². The number of fused-ring (bicyclic) bond motifs is 1. The van der Waals surface area contributed by atoms with Gasteiger partial charge in [-0.15, -0.1) is 0 Å². The molecule has 27 heavy (non-hydrogen) atoms. The summed E-state index contributed by atoms with van der Waals surface area (Å²) in [7, 11) is 5.51. The van der Waals surface area contributed by atoms with Gasteiger partial charge in [-0.25, -0.2) is 4.98 Å². The Hall–Kier alpha value is -2.57. The van der Waals surface area contributed by atoms with Gasteiger partial charge in [-0.05, 0) is 51.4 Å². The molecule has 0 fully saturated rings. The number of imidazole rings is 1. The smallest absolute Gasteiger partial charge is 0.247 e. The van der Waals surface area contributed by atoms with Crippen molar-refractivity contribution in [3.8, 4) is 5.75 Å². The number of hydrogen-bond acceptors (Lipinski definition) is 4. The lowest BCUT2D eigenvalue weighted by Gasteiger charge is -2.20. The summed E-state index contributed by atoms with van der Waals surface area (Å²) >= 11 is 6.07. The van der Waals surface area contributed by atoms with Crippen LogP contribution in [-0.2, 0) is 11.3 Å². The molecule has 2 aromatic carbocycles. The van der Waals surface area contributed by atoms with Gasteiger partial charge in [0.05, 0.1) is 30.4 Å². The van der Waals surface area contributed by atoms with E-state index in [2.05, 4.69) is 5.32 Å². The Morgan fingerprint density at radius 2 is 2.04 bits per heavy atom. The van der Waals surface area contributed by atoms with E-state index in [9.17, 15) is 4.79 Å². The molecule has 1 amide bonds. The number of aromatic nitrogens is 2. The first-order chi connectivity index (χ1) is 12.9. The van der Waals surface area contributed by atoms with E-state index in [0.717, 1.165) is 16.9 Å². The van der Waals surface area contributed by atoms with Crippen molar-refractivity contribution in [1.82, 2.24) is 14.5 Å². The van der Waals surface area contributed by atoms with Gasteiger partial charge in [-0.2, -0.15) is 0 Å². The van der Waals surface area contributed by atoms with Crippen molar-refractivity contribution >= 4 is 34.2 Å². The Morgan fingerprint density at radius 3 is 2.74 bits per heavy atom. The molecular formula is C20H23ClN4O2. The van der Waals surface area contributed by atoms with Gasteiger partial charge >= 0.3 is 0 Å². The fourth-order valence-corrected chi connectivity index (χ4v) is 3.23. The van der Waals surface area contributed by atoms with Gasteiger partial charge in [0.25, 0.3) is 0 Å². The number of para-hydroxylation sites is 2. The summed E-state index contributed by atoms with van der Waals surface area (Å²) in [6, 6.07) is 12.5. The molecule has 3 rings (SSSR count). The Morgan fingerprint density at radius 1 is 1.30 bits per heavy atom. The Kier molecular flexibility index (Phi) is 5.68. The van der Waals surface area contributed by atoms with Crippen LogP contribution in [-0.4, -0.2) is 41.6 Å². The molecule has 1 aromatic heterocycles. The summed E-state index contributed by atoms with van der Waals surface area (Å²) in [6.07, 6.45) is 0. The van der Waals surface area contributed by atoms with E-state index in [1.54, 1.807) is 25.3 Å². The fraction of sp³-hybridized carbons (Fsp3) is 0.300. The van der Waals surface area contributed by atoms with Crippen LogP contribution in [0.4, 0.5) is 5.69 Å². The number of ether oxygens (including phenoxy) is 1. The Balaban J connectivity index is 1.96. The molecule has 0 aliphatic heterocycles. The summed E-state index contributed by atoms with van der Waals surface area (Å²) in [5.41, 5.74) is 2.34. The van der Waals surface area contributed by atoms with Crippen molar-refractivity contribution in [3.63, 3.8) is 0 Å². The van der Waals surface area contributed by atoms with Gasteiger partial charge in [-0.1, -0.05) is 23.7 Å². The minimum Gasteiger partial charge on any atom is -0.495 e. The number of nitrogens with zero attached hydrogens (tertiary/aromatic N) is 3. The van der Waals surface area contributed by atoms with Crippen LogP contribution in [0.5, 0.6) is 5.75 Å². The molecule has 0 aliphatic carbocycles. The second-order valence-electron chi connectivity index (χ2n) is 6.63. The van der Waals surface area contributed by atoms with Crippen LogP contribution >= 0.6 is 11.6 Å². The van der Waals surface area contributed by atoms with Crippen molar-refractivity contribution in [2.24, 2.45) is 0 Å². The third-order valence-electron chi connectivity index (χ3n) is 4.31. The van der Waals surface area contributed by atoms with Crippen LogP contribution in [0.1, 0.15) is 18.8 Å². The average molecular weight is 387 g/mol. The highest BCUT2D eigenvalue weighted by Crippen LogP contribution is 2.29. The molecule has 1 atom stereocenters. The van der Waals surface area contributed by atoms with E-state index in [4.69, 9.17) is 21.3 Å². The predicted molar refractivity (Wildman–Crippen MR) is 108 cm³/mol. The zero-order valence-corrected chi connectivity index (χ0v) is 16.6. The lowest BCUT2D eigenvalue weighted by Crippen LogP contribution is -2.26. The molecule has 0 saturated carbocycles. The Labute approximate surface area is 163 Å². The van der Waals surface area contributed by atoms with Crippen molar-refractivity contribution in [2.45, 2.75) is 19.5 Å². The number of rotatable bonds is 6. The molecule has 3 aromatic rings. The monoisotopic (exact) mass is 386 g/mol. The molecule has 0 saturated heterocycles. The molecule has 7 heteroatoms. The van der Waals surface area contributed by atoms with Crippen LogP contribution < -0.4 is 10.1 Å². The van der Waals surface area contributed by atoms with Gasteiger partial charge in [0.15, 0.2) is 0 Å². The Bertz CT molecular complexity index is 968. The van der Waals surface area contributed by atoms with Crippen molar-refractivity contribution < 1.29 is 9.53 Å². The zero-order chi connectivity index (χ0) is 19.6. The first-order valence-corrected chi connectivity index (χ1v) is 9.03. The van der Waals surface area contributed by atoms with Crippen molar-refractivity contribution in [2.75, 3.05) is 26.5 Å². The number of methoxy groups -OCH3 is 1. The normalized spacial score (nSPS) is 12.4. The van der Waals surface area contributed by atoms with E-state index in [1.165, 1.54) is 0 Å². The third-order valence-corrected chi connectivity index (χ3v) is 4.55. The number of amides is 1. The SMILES string of the molecule is COc1ccc(Cl)cc1NC(=O)C(C)n1c(CN(C)C)nc2ccccc21. The number of nitrogens with one attached hydrogen (secondary N) is 1. The molecule has 1 N–H and O–H groups in total. The van der Waals surface area contributed by atoms with Gasteiger partial charge in [0.2, 0.25) is 5.91 Å². The summed E-state index contributed by atoms with van der Waals surface area (Å²) in [5.74, 6) is 1.23. The maximum absolute atomic E-state index is 13.0. The van der Waals surface area contributed by atoms with E-state index in [-0.39, 0.29) is 5.91 Å². The zero-order valence-electron chi connectivity index (χ0n) is 15.9. The predicted octanol–water partition coefficient (Wildman–Crippen LogP) is 3.96. The molecule has 0 radical (unpaired) electrons. The van der Waals surface area contributed by atoms with Crippen LogP contribution in [0.25, 0.3) is 11.0 Å². The van der Waals surface area contributed by atoms with E-state index in [0.29, 0.717) is 23.0 Å². The highest BCUT2D eigenvalue weighted by Gasteiger charge is 2.22. The molecule has 0 aliphatic rings. The van der Waals surface area contributed by atoms with Gasteiger partial charge in [0, 0.05) is 5.02 Å². The standard InChI is InChI=1S/C20H23ClN4O2/c1-13(20(26)23-16-11-14(21)9-10-18(16)27-4)25-17-8-6-5-7-15(17)22-19(25)12-24(2)3/h5-11,13H,12H2,1-4H3,(H,23,26). The van der Waals surface area contributed by atoms with Crippen molar-refractivity contribution in [3.05, 3.63) is 53.3 Å². The minimum absolute atomic E-state index is 0.168. The molecule has 6 nitrogen and oxygen atoms in total. The summed E-state index contributed by atoms with van der Waals surface area (Å²) in [4.78, 5) is 19.7. The van der Waals surface area contributed by atoms with Crippen LogP contribution in [0.3, 0.4) is 0 Å². The maximum Gasteiger partial charge on any atom is 0.247 e. The number of carbonyl (C=O) groups is 1. The third kappa shape index (κ3) is 4.07. The molecule has 0 spiro atoms. The second kappa shape index (κ2) is 7.98. The second-order valence-corrected chi connectivity index (χ2v) is 7.07. The molecule has 1 heterocycles. The number of anilines is 1. The van der Waals surface area contributed by atoms with Gasteiger partial charge in [0.1, 0.15) is 17.6 Å². The number of carbonyl (C=O) groups excluding carboxylic acids is 1. The average Bonchev–Trinajstić information content (AvgIpc) is 2.98.